The molecule has 1 heterocycles. The molecule has 1 aromatic rings. The van der Waals surface area contributed by atoms with Crippen LogP contribution in [0.1, 0.15) is 19.4 Å². The second-order valence-electron chi connectivity index (χ2n) is 4.07. The number of hydrogen-bond donors (Lipinski definition) is 0. The van der Waals surface area contributed by atoms with E-state index < -0.39 is 0 Å². The van der Waals surface area contributed by atoms with Gasteiger partial charge in [-0.15, -0.1) is 0 Å². The maximum absolute atomic E-state index is 11.4. The van der Waals surface area contributed by atoms with Crippen molar-refractivity contribution >= 4 is 5.97 Å². The van der Waals surface area contributed by atoms with Gasteiger partial charge in [-0.2, -0.15) is 0 Å². The van der Waals surface area contributed by atoms with Crippen molar-refractivity contribution < 1.29 is 9.53 Å². The Bertz CT molecular complexity index is 325. The molecule has 4 nitrogen and oxygen atoms in total. The lowest BCUT2D eigenvalue weighted by molar-refractivity contribution is -0.148. The normalized spacial score (nSPS) is 10.8. The molecule has 16 heavy (non-hydrogen) atoms. The monoisotopic (exact) mass is 222 g/mol. The molecule has 0 saturated carbocycles. The molecule has 0 aromatic carbocycles. The van der Waals surface area contributed by atoms with Crippen molar-refractivity contribution in [1.82, 2.24) is 9.88 Å². The van der Waals surface area contributed by atoms with Crippen LogP contribution < -0.4 is 0 Å². The Kier molecular flexibility index (Phi) is 4.92. The molecule has 4 heteroatoms. The summed E-state index contributed by atoms with van der Waals surface area (Å²) in [6.07, 6.45) is 3.44. The average Bonchev–Trinajstić information content (AvgIpc) is 2.17. The van der Waals surface area contributed by atoms with E-state index >= 15 is 0 Å². The average molecular weight is 222 g/mol. The molecule has 0 unspecified atom stereocenters. The topological polar surface area (TPSA) is 42.4 Å². The summed E-state index contributed by atoms with van der Waals surface area (Å²) in [5, 5.41) is 0. The minimum atomic E-state index is -0.188. The summed E-state index contributed by atoms with van der Waals surface area (Å²) in [7, 11) is 1.89. The first kappa shape index (κ1) is 12.6. The molecule has 0 radical (unpaired) electrons. The first-order valence-corrected chi connectivity index (χ1v) is 5.35. The van der Waals surface area contributed by atoms with Crippen LogP contribution in [0, 0.1) is 0 Å². The van der Waals surface area contributed by atoms with Gasteiger partial charge in [0.2, 0.25) is 0 Å². The number of ether oxygens (including phenoxy) is 1. The lowest BCUT2D eigenvalue weighted by Crippen LogP contribution is -2.28. The Morgan fingerprint density at radius 1 is 1.44 bits per heavy atom. The fourth-order valence-electron chi connectivity index (χ4n) is 1.38. The van der Waals surface area contributed by atoms with Crippen molar-refractivity contribution in [2.45, 2.75) is 26.5 Å². The Balaban J connectivity index is 2.36. The first-order valence-electron chi connectivity index (χ1n) is 5.35. The van der Waals surface area contributed by atoms with Gasteiger partial charge in [0.1, 0.15) is 0 Å². The SMILES string of the molecule is CC(C)OC(=O)CN(C)Cc1ccncc1. The van der Waals surface area contributed by atoms with Crippen LogP contribution in [0.25, 0.3) is 0 Å². The van der Waals surface area contributed by atoms with Gasteiger partial charge in [0.15, 0.2) is 0 Å². The summed E-state index contributed by atoms with van der Waals surface area (Å²) in [5.41, 5.74) is 1.13. The number of pyridine rings is 1. The van der Waals surface area contributed by atoms with Gasteiger partial charge in [-0.05, 0) is 38.6 Å². The maximum atomic E-state index is 11.4. The van der Waals surface area contributed by atoms with E-state index in [-0.39, 0.29) is 12.1 Å². The smallest absolute Gasteiger partial charge is 0.320 e. The molecule has 0 fully saturated rings. The van der Waals surface area contributed by atoms with E-state index in [4.69, 9.17) is 4.74 Å². The van der Waals surface area contributed by atoms with Gasteiger partial charge < -0.3 is 4.74 Å². The number of nitrogens with zero attached hydrogens (tertiary/aromatic N) is 2. The fraction of sp³-hybridized carbons (Fsp3) is 0.500. The zero-order valence-corrected chi connectivity index (χ0v) is 10.0. The highest BCUT2D eigenvalue weighted by atomic mass is 16.5. The van der Waals surface area contributed by atoms with E-state index in [0.29, 0.717) is 6.54 Å². The van der Waals surface area contributed by atoms with Crippen molar-refractivity contribution in [3.05, 3.63) is 30.1 Å². The summed E-state index contributed by atoms with van der Waals surface area (Å²) in [5.74, 6) is -0.188. The molecule has 0 amide bonds. The number of likely N-dealkylation sites (N-methyl/N-ethyl adjacent to an activating group) is 1. The summed E-state index contributed by atoms with van der Waals surface area (Å²) < 4.78 is 5.07. The minimum absolute atomic E-state index is 0.0539. The third kappa shape index (κ3) is 4.89. The molecule has 1 rings (SSSR count). The summed E-state index contributed by atoms with van der Waals surface area (Å²) in [6, 6.07) is 3.87. The number of hydrogen-bond acceptors (Lipinski definition) is 4. The van der Waals surface area contributed by atoms with Crippen LogP contribution in [0.2, 0.25) is 0 Å². The number of aromatic nitrogens is 1. The maximum Gasteiger partial charge on any atom is 0.320 e. The second-order valence-corrected chi connectivity index (χ2v) is 4.07. The zero-order chi connectivity index (χ0) is 12.0. The second kappa shape index (κ2) is 6.23. The van der Waals surface area contributed by atoms with Crippen LogP contribution in [0.15, 0.2) is 24.5 Å². The zero-order valence-electron chi connectivity index (χ0n) is 10.0. The van der Waals surface area contributed by atoms with Gasteiger partial charge >= 0.3 is 5.97 Å². The third-order valence-electron chi connectivity index (χ3n) is 1.97. The molecule has 88 valence electrons. The van der Waals surface area contributed by atoms with Crippen LogP contribution in [0.4, 0.5) is 0 Å². The molecule has 0 atom stereocenters. The molecule has 0 aliphatic heterocycles. The van der Waals surface area contributed by atoms with Gasteiger partial charge in [0.05, 0.1) is 12.6 Å². The molecule has 0 saturated heterocycles. The highest BCUT2D eigenvalue weighted by Crippen LogP contribution is 2.01. The lowest BCUT2D eigenvalue weighted by Gasteiger charge is -2.16. The Hall–Kier alpha value is -1.42. The van der Waals surface area contributed by atoms with Gasteiger partial charge in [-0.3, -0.25) is 14.7 Å². The molecule has 0 aliphatic rings. The summed E-state index contributed by atoms with van der Waals surface area (Å²) in [4.78, 5) is 17.2. The van der Waals surface area contributed by atoms with Crippen molar-refractivity contribution in [2.24, 2.45) is 0 Å². The van der Waals surface area contributed by atoms with Gasteiger partial charge in [-0.1, -0.05) is 0 Å². The van der Waals surface area contributed by atoms with Gasteiger partial charge in [0, 0.05) is 18.9 Å². The standard InChI is InChI=1S/C12H18N2O2/c1-10(2)16-12(15)9-14(3)8-11-4-6-13-7-5-11/h4-7,10H,8-9H2,1-3H3. The number of esters is 1. The van der Waals surface area contributed by atoms with Crippen LogP contribution in [-0.4, -0.2) is 35.5 Å². The molecular weight excluding hydrogens is 204 g/mol. The number of rotatable bonds is 5. The van der Waals surface area contributed by atoms with E-state index in [2.05, 4.69) is 4.98 Å². The van der Waals surface area contributed by atoms with Crippen LogP contribution in [0.3, 0.4) is 0 Å². The third-order valence-corrected chi connectivity index (χ3v) is 1.97. The van der Waals surface area contributed by atoms with Crippen molar-refractivity contribution in [3.8, 4) is 0 Å². The minimum Gasteiger partial charge on any atom is -0.462 e. The molecular formula is C12H18N2O2. The Labute approximate surface area is 96.2 Å². The van der Waals surface area contributed by atoms with Crippen molar-refractivity contribution in [2.75, 3.05) is 13.6 Å². The predicted molar refractivity (Wildman–Crippen MR) is 61.8 cm³/mol. The molecule has 0 N–H and O–H groups in total. The van der Waals surface area contributed by atoms with Crippen LogP contribution >= 0.6 is 0 Å². The predicted octanol–water partition coefficient (Wildman–Crippen LogP) is 1.46. The Morgan fingerprint density at radius 3 is 2.62 bits per heavy atom. The quantitative estimate of drug-likeness (QED) is 0.707. The van der Waals surface area contributed by atoms with E-state index in [1.54, 1.807) is 12.4 Å². The molecule has 0 bridgehead atoms. The van der Waals surface area contributed by atoms with Crippen molar-refractivity contribution in [3.63, 3.8) is 0 Å². The fourth-order valence-corrected chi connectivity index (χ4v) is 1.38. The van der Waals surface area contributed by atoms with Crippen LogP contribution in [-0.2, 0) is 16.1 Å². The van der Waals surface area contributed by atoms with E-state index in [1.165, 1.54) is 0 Å². The highest BCUT2D eigenvalue weighted by molar-refractivity contribution is 5.71. The molecule has 1 aromatic heterocycles. The van der Waals surface area contributed by atoms with Crippen LogP contribution in [0.5, 0.6) is 0 Å². The van der Waals surface area contributed by atoms with E-state index in [0.717, 1.165) is 12.1 Å². The van der Waals surface area contributed by atoms with E-state index in [1.807, 2.05) is 37.9 Å². The Morgan fingerprint density at radius 2 is 2.06 bits per heavy atom. The highest BCUT2D eigenvalue weighted by Gasteiger charge is 2.09. The molecule has 0 aliphatic carbocycles. The van der Waals surface area contributed by atoms with E-state index in [9.17, 15) is 4.79 Å². The first-order chi connectivity index (χ1) is 7.58. The lowest BCUT2D eigenvalue weighted by atomic mass is 10.2. The number of carbonyl (C=O) groups is 1. The largest absolute Gasteiger partial charge is 0.462 e. The summed E-state index contributed by atoms with van der Waals surface area (Å²) in [6.45, 7) is 4.72. The summed E-state index contributed by atoms with van der Waals surface area (Å²) >= 11 is 0. The molecule has 0 spiro atoms. The van der Waals surface area contributed by atoms with Crippen molar-refractivity contribution in [1.29, 1.82) is 0 Å². The van der Waals surface area contributed by atoms with Gasteiger partial charge in [-0.25, -0.2) is 0 Å². The van der Waals surface area contributed by atoms with Gasteiger partial charge in [0.25, 0.3) is 0 Å². The number of carbonyl (C=O) groups excluding carboxylic acids is 1.